The van der Waals surface area contributed by atoms with E-state index < -0.39 is 0 Å². The van der Waals surface area contributed by atoms with Gasteiger partial charge in [-0.1, -0.05) is 30.3 Å². The number of benzene rings is 3. The minimum atomic E-state index is -0.221. The van der Waals surface area contributed by atoms with E-state index in [2.05, 4.69) is 15.3 Å². The van der Waals surface area contributed by atoms with Crippen LogP contribution < -0.4 is 10.1 Å². The van der Waals surface area contributed by atoms with Crippen LogP contribution in [0.3, 0.4) is 0 Å². The van der Waals surface area contributed by atoms with Crippen molar-refractivity contribution in [3.05, 3.63) is 72.3 Å². The third-order valence-electron chi connectivity index (χ3n) is 3.97. The summed E-state index contributed by atoms with van der Waals surface area (Å²) in [6, 6.07) is 20.3. The van der Waals surface area contributed by atoms with Crippen molar-refractivity contribution in [2.75, 3.05) is 12.4 Å². The monoisotopic (exact) mass is 329 g/mol. The first-order chi connectivity index (χ1) is 12.3. The molecule has 0 aliphatic carbocycles. The zero-order chi connectivity index (χ0) is 17.2. The van der Waals surface area contributed by atoms with Crippen molar-refractivity contribution < 1.29 is 9.53 Å². The Morgan fingerprint density at radius 3 is 2.24 bits per heavy atom. The van der Waals surface area contributed by atoms with Crippen LogP contribution in [0.4, 0.5) is 5.69 Å². The summed E-state index contributed by atoms with van der Waals surface area (Å²) in [7, 11) is 1.56. The third kappa shape index (κ3) is 2.76. The lowest BCUT2D eigenvalue weighted by Gasteiger charge is -2.13. The summed E-state index contributed by atoms with van der Waals surface area (Å²) in [5.74, 6) is 0.322. The molecule has 0 saturated heterocycles. The van der Waals surface area contributed by atoms with Gasteiger partial charge in [-0.2, -0.15) is 0 Å². The molecule has 0 atom stereocenters. The standard InChI is InChI=1S/C20H15N3O2/c1-25-17-12-11-16-18(22-15-10-6-5-9-14(15)21-16)19(17)23-20(24)13-7-3-2-4-8-13/h2-12H,1H3,(H,23,24). The van der Waals surface area contributed by atoms with Crippen LogP contribution in [-0.2, 0) is 0 Å². The Balaban J connectivity index is 1.88. The predicted octanol–water partition coefficient (Wildman–Crippen LogP) is 4.04. The molecule has 0 aliphatic heterocycles. The summed E-state index contributed by atoms with van der Waals surface area (Å²) < 4.78 is 5.42. The second kappa shape index (κ2) is 6.20. The summed E-state index contributed by atoms with van der Waals surface area (Å²) >= 11 is 0. The molecule has 3 aromatic carbocycles. The lowest BCUT2D eigenvalue weighted by molar-refractivity contribution is 0.102. The second-order valence-corrected chi connectivity index (χ2v) is 5.54. The van der Waals surface area contributed by atoms with Crippen LogP contribution in [-0.4, -0.2) is 23.0 Å². The van der Waals surface area contributed by atoms with Gasteiger partial charge in [0, 0.05) is 5.56 Å². The molecule has 0 unspecified atom stereocenters. The van der Waals surface area contributed by atoms with Gasteiger partial charge in [0.1, 0.15) is 17.0 Å². The molecule has 122 valence electrons. The van der Waals surface area contributed by atoms with Gasteiger partial charge in [-0.25, -0.2) is 9.97 Å². The van der Waals surface area contributed by atoms with Crippen LogP contribution in [0.1, 0.15) is 10.4 Å². The number of para-hydroxylation sites is 2. The highest BCUT2D eigenvalue weighted by atomic mass is 16.5. The van der Waals surface area contributed by atoms with Gasteiger partial charge >= 0.3 is 0 Å². The molecular weight excluding hydrogens is 314 g/mol. The number of hydrogen-bond acceptors (Lipinski definition) is 4. The number of carbonyl (C=O) groups is 1. The summed E-state index contributed by atoms with van der Waals surface area (Å²) in [4.78, 5) is 21.9. The average Bonchev–Trinajstić information content (AvgIpc) is 2.67. The predicted molar refractivity (Wildman–Crippen MR) is 98.0 cm³/mol. The molecule has 0 bridgehead atoms. The van der Waals surface area contributed by atoms with Gasteiger partial charge in [0.15, 0.2) is 0 Å². The van der Waals surface area contributed by atoms with Gasteiger partial charge in [-0.05, 0) is 36.4 Å². The topological polar surface area (TPSA) is 64.1 Å². The zero-order valence-corrected chi connectivity index (χ0v) is 13.6. The number of aromatic nitrogens is 2. The molecule has 1 N–H and O–H groups in total. The van der Waals surface area contributed by atoms with Gasteiger partial charge < -0.3 is 10.1 Å². The van der Waals surface area contributed by atoms with E-state index in [1.54, 1.807) is 25.3 Å². The lowest BCUT2D eigenvalue weighted by Crippen LogP contribution is -2.13. The van der Waals surface area contributed by atoms with Gasteiger partial charge in [0.05, 0.1) is 23.7 Å². The molecule has 0 fully saturated rings. The van der Waals surface area contributed by atoms with E-state index in [4.69, 9.17) is 4.74 Å². The van der Waals surface area contributed by atoms with E-state index >= 15 is 0 Å². The number of carbonyl (C=O) groups excluding carboxylic acids is 1. The van der Waals surface area contributed by atoms with Gasteiger partial charge in [-0.15, -0.1) is 0 Å². The van der Waals surface area contributed by atoms with Crippen molar-refractivity contribution in [2.45, 2.75) is 0 Å². The Morgan fingerprint density at radius 1 is 0.840 bits per heavy atom. The number of fused-ring (bicyclic) bond motifs is 2. The van der Waals surface area contributed by atoms with E-state index in [1.807, 2.05) is 48.5 Å². The van der Waals surface area contributed by atoms with Crippen LogP contribution in [0.15, 0.2) is 66.7 Å². The molecule has 0 aliphatic rings. The number of nitrogens with zero attached hydrogens (tertiary/aromatic N) is 2. The molecule has 1 aromatic heterocycles. The molecule has 1 heterocycles. The summed E-state index contributed by atoms with van der Waals surface area (Å²) in [5, 5.41) is 2.92. The number of amides is 1. The van der Waals surface area contributed by atoms with Crippen molar-refractivity contribution in [2.24, 2.45) is 0 Å². The number of rotatable bonds is 3. The van der Waals surface area contributed by atoms with Crippen LogP contribution in [0, 0.1) is 0 Å². The Kier molecular flexibility index (Phi) is 3.74. The second-order valence-electron chi connectivity index (χ2n) is 5.54. The van der Waals surface area contributed by atoms with Crippen molar-refractivity contribution in [1.82, 2.24) is 9.97 Å². The molecule has 4 rings (SSSR count). The average molecular weight is 329 g/mol. The summed E-state index contributed by atoms with van der Waals surface area (Å²) in [6.07, 6.45) is 0. The smallest absolute Gasteiger partial charge is 0.255 e. The highest BCUT2D eigenvalue weighted by molar-refractivity contribution is 6.10. The number of hydrogen-bond donors (Lipinski definition) is 1. The van der Waals surface area contributed by atoms with Crippen molar-refractivity contribution >= 4 is 33.7 Å². The Hall–Kier alpha value is -3.47. The van der Waals surface area contributed by atoms with Gasteiger partial charge in [0.2, 0.25) is 0 Å². The highest BCUT2D eigenvalue weighted by Crippen LogP contribution is 2.32. The fraction of sp³-hybridized carbons (Fsp3) is 0.0500. The molecular formula is C20H15N3O2. The SMILES string of the molecule is COc1ccc2nc3ccccc3nc2c1NC(=O)c1ccccc1. The van der Waals surface area contributed by atoms with E-state index in [-0.39, 0.29) is 5.91 Å². The first kappa shape index (κ1) is 15.1. The summed E-state index contributed by atoms with van der Waals surface area (Å²) in [5.41, 5.74) is 3.95. The largest absolute Gasteiger partial charge is 0.494 e. The molecule has 5 nitrogen and oxygen atoms in total. The van der Waals surface area contributed by atoms with Crippen LogP contribution in [0.5, 0.6) is 5.75 Å². The molecule has 25 heavy (non-hydrogen) atoms. The Morgan fingerprint density at radius 2 is 1.52 bits per heavy atom. The Labute approximate surface area is 144 Å². The number of nitrogens with one attached hydrogen (secondary N) is 1. The molecule has 1 amide bonds. The zero-order valence-electron chi connectivity index (χ0n) is 13.6. The lowest BCUT2D eigenvalue weighted by atomic mass is 10.2. The maximum absolute atomic E-state index is 12.6. The number of ether oxygens (including phenoxy) is 1. The fourth-order valence-corrected chi connectivity index (χ4v) is 2.73. The van der Waals surface area contributed by atoms with Gasteiger partial charge in [-0.3, -0.25) is 4.79 Å². The van der Waals surface area contributed by atoms with Gasteiger partial charge in [0.25, 0.3) is 5.91 Å². The molecule has 0 radical (unpaired) electrons. The Bertz CT molecular complexity index is 1080. The molecule has 0 spiro atoms. The van der Waals surface area contributed by atoms with Crippen molar-refractivity contribution in [3.63, 3.8) is 0 Å². The molecule has 0 saturated carbocycles. The first-order valence-corrected chi connectivity index (χ1v) is 7.86. The third-order valence-corrected chi connectivity index (χ3v) is 3.97. The van der Waals surface area contributed by atoms with Crippen molar-refractivity contribution in [3.8, 4) is 5.75 Å². The highest BCUT2D eigenvalue weighted by Gasteiger charge is 2.15. The maximum atomic E-state index is 12.6. The first-order valence-electron chi connectivity index (χ1n) is 7.86. The van der Waals surface area contributed by atoms with Crippen molar-refractivity contribution in [1.29, 1.82) is 0 Å². The number of methoxy groups -OCH3 is 1. The van der Waals surface area contributed by atoms with E-state index in [0.29, 0.717) is 28.0 Å². The molecule has 5 heteroatoms. The minimum absolute atomic E-state index is 0.221. The normalized spacial score (nSPS) is 10.8. The maximum Gasteiger partial charge on any atom is 0.255 e. The molecule has 4 aromatic rings. The van der Waals surface area contributed by atoms with Crippen LogP contribution in [0.25, 0.3) is 22.1 Å². The van der Waals surface area contributed by atoms with Crippen LogP contribution in [0.2, 0.25) is 0 Å². The van der Waals surface area contributed by atoms with E-state index in [9.17, 15) is 4.79 Å². The number of anilines is 1. The van der Waals surface area contributed by atoms with E-state index in [0.717, 1.165) is 11.0 Å². The van der Waals surface area contributed by atoms with Crippen LogP contribution >= 0.6 is 0 Å². The van der Waals surface area contributed by atoms with E-state index in [1.165, 1.54) is 0 Å². The minimum Gasteiger partial charge on any atom is -0.494 e. The quantitative estimate of drug-likeness (QED) is 0.576. The summed E-state index contributed by atoms with van der Waals surface area (Å²) in [6.45, 7) is 0. The fourth-order valence-electron chi connectivity index (χ4n) is 2.73.